The number of unbranched alkanes of at least 4 members (excludes halogenated alkanes) is 12. The smallest absolute Gasteiger partial charge is 0.168 e. The van der Waals surface area contributed by atoms with Gasteiger partial charge in [0.1, 0.15) is 0 Å². The minimum Gasteiger partial charge on any atom is -0.350 e. The Hall–Kier alpha value is -0.900. The average Bonchev–Trinajstić information content (AvgIpc) is 3.30. The van der Waals surface area contributed by atoms with Crippen molar-refractivity contribution in [1.29, 1.82) is 0 Å². The summed E-state index contributed by atoms with van der Waals surface area (Å²) in [5.74, 6) is 0.423. The van der Waals surface area contributed by atoms with Gasteiger partial charge in [-0.25, -0.2) is 0 Å². The number of hydrogen-bond donors (Lipinski definition) is 0. The highest BCUT2D eigenvalue weighted by Gasteiger charge is 2.40. The first-order chi connectivity index (χ1) is 18.1. The van der Waals surface area contributed by atoms with Crippen molar-refractivity contribution in [2.75, 3.05) is 33.9 Å². The number of nitrogens with zero attached hydrogens (tertiary/aromatic N) is 1. The molecule has 1 aliphatic rings. The van der Waals surface area contributed by atoms with E-state index < -0.39 is 0 Å². The molecule has 1 saturated carbocycles. The molecule has 0 aromatic heterocycles. The van der Waals surface area contributed by atoms with Crippen LogP contribution in [-0.2, 0) is 9.47 Å². The second-order valence-electron chi connectivity index (χ2n) is 11.5. The first-order valence-electron chi connectivity index (χ1n) is 16.0. The van der Waals surface area contributed by atoms with E-state index in [1.165, 1.54) is 89.9 Å². The van der Waals surface area contributed by atoms with Crippen molar-refractivity contribution in [2.45, 2.75) is 141 Å². The highest BCUT2D eigenvalue weighted by molar-refractivity contribution is 4.92. The summed E-state index contributed by atoms with van der Waals surface area (Å²) in [5, 5.41) is 0. The Morgan fingerprint density at radius 2 is 1.32 bits per heavy atom. The van der Waals surface area contributed by atoms with E-state index in [4.69, 9.17) is 9.47 Å². The lowest BCUT2D eigenvalue weighted by Crippen LogP contribution is -2.34. The first-order valence-corrected chi connectivity index (χ1v) is 16.0. The van der Waals surface area contributed by atoms with Gasteiger partial charge in [-0.1, -0.05) is 82.2 Å². The molecule has 3 heteroatoms. The fourth-order valence-electron chi connectivity index (χ4n) is 5.23. The maximum absolute atomic E-state index is 6.53. The number of rotatable bonds is 26. The van der Waals surface area contributed by atoms with Gasteiger partial charge in [0.2, 0.25) is 0 Å². The van der Waals surface area contributed by atoms with E-state index in [0.717, 1.165) is 64.2 Å². The molecule has 0 aromatic carbocycles. The summed E-state index contributed by atoms with van der Waals surface area (Å²) >= 11 is 0. The molecule has 0 N–H and O–H groups in total. The van der Waals surface area contributed by atoms with Crippen LogP contribution < -0.4 is 0 Å². The van der Waals surface area contributed by atoms with Crippen molar-refractivity contribution in [1.82, 2.24) is 4.90 Å². The number of ether oxygens (including phenoxy) is 2. The third-order valence-electron chi connectivity index (χ3n) is 7.65. The second kappa shape index (κ2) is 24.2. The van der Waals surface area contributed by atoms with Gasteiger partial charge in [-0.2, -0.15) is 0 Å². The Labute approximate surface area is 232 Å². The van der Waals surface area contributed by atoms with Gasteiger partial charge in [0.15, 0.2) is 5.79 Å². The predicted molar refractivity (Wildman–Crippen MR) is 163 cm³/mol. The van der Waals surface area contributed by atoms with Gasteiger partial charge in [0.05, 0.1) is 13.2 Å². The molecular formula is C34H63NO2. The Morgan fingerprint density at radius 3 is 1.92 bits per heavy atom. The lowest BCUT2D eigenvalue weighted by Gasteiger charge is -2.30. The second-order valence-corrected chi connectivity index (χ2v) is 11.5. The third kappa shape index (κ3) is 19.8. The van der Waals surface area contributed by atoms with Crippen molar-refractivity contribution in [3.8, 4) is 0 Å². The van der Waals surface area contributed by atoms with Gasteiger partial charge in [-0.15, -0.1) is 6.58 Å². The molecule has 2 atom stereocenters. The van der Waals surface area contributed by atoms with Gasteiger partial charge in [0.25, 0.3) is 0 Å². The molecule has 0 amide bonds. The van der Waals surface area contributed by atoms with E-state index >= 15 is 0 Å². The van der Waals surface area contributed by atoms with Gasteiger partial charge in [-0.3, -0.25) is 0 Å². The lowest BCUT2D eigenvalue weighted by atomic mass is 10.0. The normalized spacial score (nSPS) is 20.2. The molecule has 0 radical (unpaired) electrons. The van der Waals surface area contributed by atoms with Crippen molar-refractivity contribution in [3.63, 3.8) is 0 Å². The molecule has 1 aliphatic carbocycles. The highest BCUT2D eigenvalue weighted by atomic mass is 16.7. The Balaban J connectivity index is 2.20. The zero-order chi connectivity index (χ0) is 26.9. The molecule has 37 heavy (non-hydrogen) atoms. The molecule has 2 unspecified atom stereocenters. The quantitative estimate of drug-likeness (QED) is 0.0647. The van der Waals surface area contributed by atoms with E-state index in [2.05, 4.69) is 56.8 Å². The predicted octanol–water partition coefficient (Wildman–Crippen LogP) is 10.0. The molecule has 0 aromatic rings. The van der Waals surface area contributed by atoms with Crippen LogP contribution in [0.2, 0.25) is 0 Å². The van der Waals surface area contributed by atoms with Gasteiger partial charge < -0.3 is 14.4 Å². The van der Waals surface area contributed by atoms with Crippen LogP contribution in [0.4, 0.5) is 0 Å². The summed E-state index contributed by atoms with van der Waals surface area (Å²) in [6.45, 7) is 8.94. The summed E-state index contributed by atoms with van der Waals surface area (Å²) in [7, 11) is 4.35. The molecule has 0 bridgehead atoms. The Bertz CT molecular complexity index is 570. The van der Waals surface area contributed by atoms with Crippen molar-refractivity contribution in [3.05, 3.63) is 37.0 Å². The molecule has 216 valence electrons. The molecule has 0 saturated heterocycles. The molecule has 1 fully saturated rings. The van der Waals surface area contributed by atoms with Crippen LogP contribution in [0.1, 0.15) is 135 Å². The van der Waals surface area contributed by atoms with Crippen LogP contribution in [0.25, 0.3) is 0 Å². The maximum atomic E-state index is 6.53. The first kappa shape index (κ1) is 34.1. The summed E-state index contributed by atoms with van der Waals surface area (Å²) in [6, 6.07) is 0. The minimum absolute atomic E-state index is 0.313. The maximum Gasteiger partial charge on any atom is 0.168 e. The van der Waals surface area contributed by atoms with Crippen LogP contribution in [0.15, 0.2) is 37.0 Å². The van der Waals surface area contributed by atoms with Crippen molar-refractivity contribution in [2.24, 2.45) is 5.92 Å². The van der Waals surface area contributed by atoms with E-state index in [1.807, 2.05) is 6.08 Å². The van der Waals surface area contributed by atoms with Crippen molar-refractivity contribution < 1.29 is 9.47 Å². The molecule has 0 aliphatic heterocycles. The zero-order valence-electron chi connectivity index (χ0n) is 25.2. The van der Waals surface area contributed by atoms with Gasteiger partial charge in [0, 0.05) is 12.8 Å². The highest BCUT2D eigenvalue weighted by Crippen LogP contribution is 2.40. The van der Waals surface area contributed by atoms with Crippen LogP contribution in [-0.4, -0.2) is 44.5 Å². The third-order valence-corrected chi connectivity index (χ3v) is 7.65. The fourth-order valence-corrected chi connectivity index (χ4v) is 5.23. The van der Waals surface area contributed by atoms with Gasteiger partial charge >= 0.3 is 0 Å². The average molecular weight is 518 g/mol. The number of allylic oxidation sites excluding steroid dienone is 5. The monoisotopic (exact) mass is 517 g/mol. The summed E-state index contributed by atoms with van der Waals surface area (Å²) < 4.78 is 13.0. The standard InChI is InChI=1S/C34H63NO2/c1-5-7-9-11-13-14-15-16-17-18-19-21-23-25-31-37-34(28-26-33(32-34)27-29-35(3)4)36-30-24-22-20-12-10-8-6-2/h6,13-14,16-17,33H,2,5,7-12,15,18-32H2,1,3-4H3/b14-13-,17-16+. The fraction of sp³-hybridized carbons (Fsp3) is 0.824. The Morgan fingerprint density at radius 1 is 0.757 bits per heavy atom. The topological polar surface area (TPSA) is 21.7 Å². The van der Waals surface area contributed by atoms with Crippen LogP contribution in [0.5, 0.6) is 0 Å². The SMILES string of the molecule is C=CCCCCCCCOC1(OCCCCCC/C=C/C/C=C\CCCCC)CCC(CCN(C)C)C1. The largest absolute Gasteiger partial charge is 0.350 e. The molecule has 1 rings (SSSR count). The zero-order valence-corrected chi connectivity index (χ0v) is 25.2. The van der Waals surface area contributed by atoms with E-state index in [1.54, 1.807) is 0 Å². The molecule has 0 heterocycles. The molecule has 0 spiro atoms. The Kier molecular flexibility index (Phi) is 22.3. The van der Waals surface area contributed by atoms with Crippen LogP contribution in [0, 0.1) is 5.92 Å². The van der Waals surface area contributed by atoms with Gasteiger partial charge in [-0.05, 0) is 97.2 Å². The van der Waals surface area contributed by atoms with E-state index in [-0.39, 0.29) is 5.79 Å². The van der Waals surface area contributed by atoms with E-state index in [0.29, 0.717) is 0 Å². The molecule has 3 nitrogen and oxygen atoms in total. The number of hydrogen-bond acceptors (Lipinski definition) is 3. The lowest BCUT2D eigenvalue weighted by molar-refractivity contribution is -0.235. The summed E-state index contributed by atoms with van der Waals surface area (Å²) in [5.41, 5.74) is 0. The van der Waals surface area contributed by atoms with Crippen LogP contribution in [0.3, 0.4) is 0 Å². The molecular weight excluding hydrogens is 454 g/mol. The summed E-state index contributed by atoms with van der Waals surface area (Å²) in [6.07, 6.45) is 36.0. The minimum atomic E-state index is -0.313. The van der Waals surface area contributed by atoms with E-state index in [9.17, 15) is 0 Å². The summed E-state index contributed by atoms with van der Waals surface area (Å²) in [4.78, 5) is 2.30. The van der Waals surface area contributed by atoms with Crippen molar-refractivity contribution >= 4 is 0 Å². The van der Waals surface area contributed by atoms with Crippen LogP contribution >= 0.6 is 0 Å².